The van der Waals surface area contributed by atoms with Crippen LogP contribution in [0.2, 0.25) is 0 Å². The fraction of sp³-hybridized carbons (Fsp3) is 0.938. The Kier molecular flexibility index (Phi) is 8.11. The third-order valence-electron chi connectivity index (χ3n) is 4.39. The maximum atomic E-state index is 11.8. The first kappa shape index (κ1) is 15.5. The molecule has 1 aliphatic rings. The van der Waals surface area contributed by atoms with E-state index in [0.717, 1.165) is 25.3 Å². The lowest BCUT2D eigenvalue weighted by atomic mass is 9.99. The van der Waals surface area contributed by atoms with Crippen LogP contribution in [0.3, 0.4) is 0 Å². The van der Waals surface area contributed by atoms with Gasteiger partial charge in [0.1, 0.15) is 0 Å². The second-order valence-electron chi connectivity index (χ2n) is 5.91. The van der Waals surface area contributed by atoms with E-state index in [1.807, 2.05) is 0 Å². The zero-order chi connectivity index (χ0) is 13.2. The van der Waals surface area contributed by atoms with Gasteiger partial charge < -0.3 is 5.32 Å². The number of unbranched alkanes of at least 4 members (excludes halogenated alkanes) is 1. The van der Waals surface area contributed by atoms with Crippen LogP contribution in [0.25, 0.3) is 0 Å². The minimum Gasteiger partial charge on any atom is -0.356 e. The minimum absolute atomic E-state index is 0.275. The van der Waals surface area contributed by atoms with Gasteiger partial charge in [-0.3, -0.25) is 4.79 Å². The number of rotatable bonds is 9. The van der Waals surface area contributed by atoms with Crippen LogP contribution in [0.5, 0.6) is 0 Å². The highest BCUT2D eigenvalue weighted by Gasteiger charge is 2.16. The molecule has 1 aliphatic carbocycles. The van der Waals surface area contributed by atoms with Gasteiger partial charge in [-0.15, -0.1) is 0 Å². The topological polar surface area (TPSA) is 29.1 Å². The SMILES string of the molecule is CCCC[C@@H](CC)CNC(=O)CCC1CCCC1. The number of hydrogen-bond donors (Lipinski definition) is 1. The van der Waals surface area contributed by atoms with Crippen LogP contribution in [0, 0.1) is 11.8 Å². The van der Waals surface area contributed by atoms with Crippen LogP contribution >= 0.6 is 0 Å². The van der Waals surface area contributed by atoms with E-state index in [-0.39, 0.29) is 5.91 Å². The van der Waals surface area contributed by atoms with Crippen LogP contribution in [0.15, 0.2) is 0 Å². The summed E-state index contributed by atoms with van der Waals surface area (Å²) in [7, 11) is 0. The summed E-state index contributed by atoms with van der Waals surface area (Å²) in [5.74, 6) is 1.79. The van der Waals surface area contributed by atoms with Gasteiger partial charge in [-0.05, 0) is 24.7 Å². The molecule has 1 N–H and O–H groups in total. The van der Waals surface area contributed by atoms with Gasteiger partial charge in [0, 0.05) is 13.0 Å². The Hall–Kier alpha value is -0.530. The quantitative estimate of drug-likeness (QED) is 0.652. The first-order valence-corrected chi connectivity index (χ1v) is 8.02. The summed E-state index contributed by atoms with van der Waals surface area (Å²) in [5.41, 5.74) is 0. The third kappa shape index (κ3) is 6.42. The Morgan fingerprint density at radius 1 is 1.28 bits per heavy atom. The molecule has 0 aromatic heterocycles. The number of hydrogen-bond acceptors (Lipinski definition) is 1. The first-order chi connectivity index (χ1) is 8.76. The zero-order valence-electron chi connectivity index (χ0n) is 12.3. The molecule has 1 atom stereocenters. The lowest BCUT2D eigenvalue weighted by molar-refractivity contribution is -0.121. The molecule has 106 valence electrons. The van der Waals surface area contributed by atoms with Crippen molar-refractivity contribution in [2.24, 2.45) is 11.8 Å². The van der Waals surface area contributed by atoms with Crippen LogP contribution in [0.1, 0.15) is 78.1 Å². The fourth-order valence-electron chi connectivity index (χ4n) is 2.92. The average molecular weight is 253 g/mol. The molecule has 0 radical (unpaired) electrons. The van der Waals surface area contributed by atoms with Gasteiger partial charge in [0.2, 0.25) is 5.91 Å². The summed E-state index contributed by atoms with van der Waals surface area (Å²) in [6, 6.07) is 0. The van der Waals surface area contributed by atoms with E-state index in [9.17, 15) is 4.79 Å². The van der Waals surface area contributed by atoms with Crippen molar-refractivity contribution in [3.63, 3.8) is 0 Å². The molecule has 0 saturated heterocycles. The molecule has 2 nitrogen and oxygen atoms in total. The Morgan fingerprint density at radius 3 is 2.61 bits per heavy atom. The normalized spacial score (nSPS) is 17.9. The highest BCUT2D eigenvalue weighted by Crippen LogP contribution is 2.28. The highest BCUT2D eigenvalue weighted by molar-refractivity contribution is 5.75. The predicted molar refractivity (Wildman–Crippen MR) is 77.5 cm³/mol. The maximum Gasteiger partial charge on any atom is 0.220 e. The van der Waals surface area contributed by atoms with Gasteiger partial charge in [-0.25, -0.2) is 0 Å². The molecule has 0 heterocycles. The van der Waals surface area contributed by atoms with E-state index in [2.05, 4.69) is 19.2 Å². The van der Waals surface area contributed by atoms with Crippen molar-refractivity contribution in [3.05, 3.63) is 0 Å². The highest BCUT2D eigenvalue weighted by atomic mass is 16.1. The maximum absolute atomic E-state index is 11.8. The van der Waals surface area contributed by atoms with E-state index < -0.39 is 0 Å². The molecule has 0 bridgehead atoms. The standard InChI is InChI=1S/C16H31NO/c1-3-5-8-14(4-2)13-17-16(18)12-11-15-9-6-7-10-15/h14-15H,3-13H2,1-2H3,(H,17,18)/t14-/m1/s1. The Labute approximate surface area is 113 Å². The monoisotopic (exact) mass is 253 g/mol. The van der Waals surface area contributed by atoms with Crippen LogP contribution < -0.4 is 5.32 Å². The van der Waals surface area contributed by atoms with E-state index in [0.29, 0.717) is 5.92 Å². The smallest absolute Gasteiger partial charge is 0.220 e. The van der Waals surface area contributed by atoms with E-state index in [1.165, 1.54) is 51.4 Å². The average Bonchev–Trinajstić information content (AvgIpc) is 2.89. The van der Waals surface area contributed by atoms with Crippen LogP contribution in [0.4, 0.5) is 0 Å². The molecule has 1 rings (SSSR count). The third-order valence-corrected chi connectivity index (χ3v) is 4.39. The van der Waals surface area contributed by atoms with Gasteiger partial charge >= 0.3 is 0 Å². The molecule has 1 amide bonds. The predicted octanol–water partition coefficient (Wildman–Crippen LogP) is 4.29. The van der Waals surface area contributed by atoms with E-state index in [1.54, 1.807) is 0 Å². The van der Waals surface area contributed by atoms with E-state index >= 15 is 0 Å². The molecule has 0 aliphatic heterocycles. The number of carbonyl (C=O) groups excluding carboxylic acids is 1. The first-order valence-electron chi connectivity index (χ1n) is 8.02. The molecule has 1 fully saturated rings. The Bertz CT molecular complexity index is 221. The zero-order valence-corrected chi connectivity index (χ0v) is 12.3. The van der Waals surface area contributed by atoms with Crippen molar-refractivity contribution in [1.82, 2.24) is 5.32 Å². The fourth-order valence-corrected chi connectivity index (χ4v) is 2.92. The Balaban J connectivity index is 2.06. The summed E-state index contributed by atoms with van der Waals surface area (Å²) in [6.45, 7) is 5.35. The lowest BCUT2D eigenvalue weighted by Crippen LogP contribution is -2.29. The van der Waals surface area contributed by atoms with Crippen molar-refractivity contribution in [1.29, 1.82) is 0 Å². The molecule has 0 unspecified atom stereocenters. The van der Waals surface area contributed by atoms with Gasteiger partial charge in [-0.1, -0.05) is 58.8 Å². The second-order valence-corrected chi connectivity index (χ2v) is 5.91. The van der Waals surface area contributed by atoms with Gasteiger partial charge in [0.05, 0.1) is 0 Å². The summed E-state index contributed by atoms with van der Waals surface area (Å²) < 4.78 is 0. The van der Waals surface area contributed by atoms with Crippen LogP contribution in [-0.2, 0) is 4.79 Å². The molecular weight excluding hydrogens is 222 g/mol. The van der Waals surface area contributed by atoms with Gasteiger partial charge in [-0.2, -0.15) is 0 Å². The molecular formula is C16H31NO. The summed E-state index contributed by atoms with van der Waals surface area (Å²) in [6.07, 6.45) is 12.3. The molecule has 18 heavy (non-hydrogen) atoms. The lowest BCUT2D eigenvalue weighted by Gasteiger charge is -2.15. The van der Waals surface area contributed by atoms with Crippen molar-refractivity contribution in [2.45, 2.75) is 78.1 Å². The van der Waals surface area contributed by atoms with Crippen molar-refractivity contribution in [3.8, 4) is 0 Å². The molecule has 0 aromatic rings. The minimum atomic E-state index is 0.275. The van der Waals surface area contributed by atoms with Crippen molar-refractivity contribution >= 4 is 5.91 Å². The van der Waals surface area contributed by atoms with Crippen molar-refractivity contribution in [2.75, 3.05) is 6.54 Å². The summed E-state index contributed by atoms with van der Waals surface area (Å²) >= 11 is 0. The Morgan fingerprint density at radius 2 is 2.00 bits per heavy atom. The molecule has 0 aromatic carbocycles. The molecule has 2 heteroatoms. The van der Waals surface area contributed by atoms with Gasteiger partial charge in [0.25, 0.3) is 0 Å². The summed E-state index contributed by atoms with van der Waals surface area (Å²) in [4.78, 5) is 11.8. The number of carbonyl (C=O) groups is 1. The molecule has 0 spiro atoms. The second kappa shape index (κ2) is 9.41. The number of amides is 1. The summed E-state index contributed by atoms with van der Waals surface area (Å²) in [5, 5.41) is 3.13. The van der Waals surface area contributed by atoms with E-state index in [4.69, 9.17) is 0 Å². The number of nitrogens with one attached hydrogen (secondary N) is 1. The largest absolute Gasteiger partial charge is 0.356 e. The molecule has 1 saturated carbocycles. The van der Waals surface area contributed by atoms with Crippen LogP contribution in [-0.4, -0.2) is 12.5 Å². The van der Waals surface area contributed by atoms with Crippen molar-refractivity contribution < 1.29 is 4.79 Å². The van der Waals surface area contributed by atoms with Gasteiger partial charge in [0.15, 0.2) is 0 Å².